The van der Waals surface area contributed by atoms with Crippen molar-refractivity contribution in [2.75, 3.05) is 0 Å². The summed E-state index contributed by atoms with van der Waals surface area (Å²) in [4.78, 5) is 0. The molecule has 0 heterocycles. The average molecular weight is 257 g/mol. The van der Waals surface area contributed by atoms with Gasteiger partial charge in [0.1, 0.15) is 0 Å². The highest BCUT2D eigenvalue weighted by atomic mass is 127. The van der Waals surface area contributed by atoms with Gasteiger partial charge in [-0.25, -0.2) is 0 Å². The van der Waals surface area contributed by atoms with Gasteiger partial charge in [0, 0.05) is 3.57 Å². The Labute approximate surface area is 81.1 Å². The number of halogens is 1. The van der Waals surface area contributed by atoms with Crippen molar-refractivity contribution in [3.63, 3.8) is 0 Å². The molecule has 1 aromatic rings. The van der Waals surface area contributed by atoms with E-state index in [1.165, 1.54) is 22.0 Å². The van der Waals surface area contributed by atoms with E-state index in [0.717, 1.165) is 11.5 Å². The summed E-state index contributed by atoms with van der Waals surface area (Å²) in [7, 11) is 0. The second-order valence-electron chi connectivity index (χ2n) is 3.17. The van der Waals surface area contributed by atoms with Crippen LogP contribution in [-0.2, 0) is 0 Å². The van der Waals surface area contributed by atoms with Gasteiger partial charge in [0.05, 0.1) is 0 Å². The van der Waals surface area contributed by atoms with Gasteiger partial charge in [0.15, 0.2) is 0 Å². The molecule has 1 aromatic carbocycles. The smallest absolute Gasteiger partial charge is 0.0135 e. The lowest BCUT2D eigenvalue weighted by Crippen LogP contribution is -1.83. The number of hydrogen-bond donors (Lipinski definition) is 0. The predicted molar refractivity (Wildman–Crippen MR) is 55.6 cm³/mol. The maximum absolute atomic E-state index is 3.95. The Morgan fingerprint density at radius 3 is 2.55 bits per heavy atom. The summed E-state index contributed by atoms with van der Waals surface area (Å²) in [6.07, 6.45) is 2.75. The summed E-state index contributed by atoms with van der Waals surface area (Å²) in [5.41, 5.74) is 2.64. The van der Waals surface area contributed by atoms with Crippen LogP contribution in [0.4, 0.5) is 0 Å². The molecule has 57 valence electrons. The largest absolute Gasteiger partial charge is 0.0555 e. The molecule has 11 heavy (non-hydrogen) atoms. The molecule has 1 saturated carbocycles. The van der Waals surface area contributed by atoms with Gasteiger partial charge in [-0.15, -0.1) is 0 Å². The molecule has 1 fully saturated rings. The van der Waals surface area contributed by atoms with E-state index in [1.807, 2.05) is 0 Å². The first kappa shape index (κ1) is 7.59. The molecule has 0 aliphatic heterocycles. The Morgan fingerprint density at radius 1 is 1.27 bits per heavy atom. The van der Waals surface area contributed by atoms with Crippen LogP contribution in [0.2, 0.25) is 0 Å². The Bertz CT molecular complexity index is 254. The summed E-state index contributed by atoms with van der Waals surface area (Å²) in [6, 6.07) is 6.60. The first-order valence-corrected chi connectivity index (χ1v) is 4.96. The number of hydrogen-bond acceptors (Lipinski definition) is 0. The average Bonchev–Trinajstić information content (AvgIpc) is 2.64. The fraction of sp³-hybridized carbons (Fsp3) is 0.300. The predicted octanol–water partition coefficient (Wildman–Crippen LogP) is 3.35. The molecule has 0 unspecified atom stereocenters. The van der Waals surface area contributed by atoms with E-state index < -0.39 is 0 Å². The summed E-state index contributed by atoms with van der Waals surface area (Å²) >= 11 is 2.35. The van der Waals surface area contributed by atoms with Crippen molar-refractivity contribution in [1.82, 2.24) is 0 Å². The Balaban J connectivity index is 2.39. The zero-order chi connectivity index (χ0) is 7.84. The molecule has 0 amide bonds. The highest BCUT2D eigenvalue weighted by Crippen LogP contribution is 2.40. The van der Waals surface area contributed by atoms with E-state index in [9.17, 15) is 0 Å². The molecule has 1 radical (unpaired) electrons. The molecule has 2 rings (SSSR count). The molecular formula is C10H10I. The van der Waals surface area contributed by atoms with Crippen LogP contribution in [-0.4, -0.2) is 0 Å². The molecule has 0 atom stereocenters. The zero-order valence-corrected chi connectivity index (χ0v) is 8.47. The van der Waals surface area contributed by atoms with Crippen molar-refractivity contribution in [3.05, 3.63) is 39.8 Å². The third-order valence-electron chi connectivity index (χ3n) is 2.03. The van der Waals surface area contributed by atoms with Gasteiger partial charge in [0.25, 0.3) is 0 Å². The molecule has 0 spiro atoms. The van der Waals surface area contributed by atoms with E-state index in [-0.39, 0.29) is 0 Å². The van der Waals surface area contributed by atoms with Crippen molar-refractivity contribution in [3.8, 4) is 0 Å². The van der Waals surface area contributed by atoms with E-state index in [0.29, 0.717) is 0 Å². The lowest BCUT2D eigenvalue weighted by Gasteiger charge is -2.00. The Kier molecular flexibility index (Phi) is 1.91. The second-order valence-corrected chi connectivity index (χ2v) is 4.41. The highest BCUT2D eigenvalue weighted by Gasteiger charge is 2.23. The standard InChI is InChI=1S/C10H10I/c1-7-4-9(8-2-3-8)6-10(11)5-7/h4-6,8H,1-3H2. The van der Waals surface area contributed by atoms with E-state index in [1.54, 1.807) is 0 Å². The molecule has 0 bridgehead atoms. The lowest BCUT2D eigenvalue weighted by molar-refractivity contribution is 1.12. The fourth-order valence-electron chi connectivity index (χ4n) is 1.33. The molecule has 0 N–H and O–H groups in total. The Hall–Kier alpha value is -0.0500. The van der Waals surface area contributed by atoms with Gasteiger partial charge in [0.2, 0.25) is 0 Å². The lowest BCUT2D eigenvalue weighted by atomic mass is 10.1. The van der Waals surface area contributed by atoms with Crippen LogP contribution in [0, 0.1) is 10.5 Å². The number of rotatable bonds is 1. The SMILES string of the molecule is [CH2]c1cc(I)cc(C2CC2)c1. The fourth-order valence-corrected chi connectivity index (χ4v) is 2.09. The van der Waals surface area contributed by atoms with Crippen molar-refractivity contribution in [1.29, 1.82) is 0 Å². The van der Waals surface area contributed by atoms with Crippen LogP contribution < -0.4 is 0 Å². The van der Waals surface area contributed by atoms with Crippen LogP contribution >= 0.6 is 22.6 Å². The van der Waals surface area contributed by atoms with Crippen LogP contribution in [0.5, 0.6) is 0 Å². The minimum atomic E-state index is 0.852. The van der Waals surface area contributed by atoms with Gasteiger partial charge in [-0.2, -0.15) is 0 Å². The minimum Gasteiger partial charge on any atom is -0.0555 e. The van der Waals surface area contributed by atoms with E-state index in [2.05, 4.69) is 47.7 Å². The Morgan fingerprint density at radius 2 is 2.00 bits per heavy atom. The summed E-state index contributed by atoms with van der Waals surface area (Å²) in [5, 5.41) is 0. The van der Waals surface area contributed by atoms with Gasteiger partial charge in [-0.1, -0.05) is 6.07 Å². The van der Waals surface area contributed by atoms with Gasteiger partial charge in [-0.05, 0) is 71.5 Å². The molecule has 1 heteroatoms. The van der Waals surface area contributed by atoms with Crippen LogP contribution in [0.1, 0.15) is 29.9 Å². The quantitative estimate of drug-likeness (QED) is 0.677. The minimum absolute atomic E-state index is 0.852. The monoisotopic (exact) mass is 257 g/mol. The number of benzene rings is 1. The van der Waals surface area contributed by atoms with Crippen LogP contribution in [0.3, 0.4) is 0 Å². The molecule has 0 aromatic heterocycles. The van der Waals surface area contributed by atoms with E-state index in [4.69, 9.17) is 0 Å². The second kappa shape index (κ2) is 2.77. The van der Waals surface area contributed by atoms with Crippen molar-refractivity contribution in [2.45, 2.75) is 18.8 Å². The molecular weight excluding hydrogens is 247 g/mol. The molecule has 0 saturated heterocycles. The summed E-state index contributed by atoms with van der Waals surface area (Å²) < 4.78 is 1.32. The topological polar surface area (TPSA) is 0 Å². The molecule has 1 aliphatic rings. The van der Waals surface area contributed by atoms with Crippen LogP contribution in [0.25, 0.3) is 0 Å². The maximum Gasteiger partial charge on any atom is 0.0135 e. The maximum atomic E-state index is 3.95. The summed E-state index contributed by atoms with van der Waals surface area (Å²) in [6.45, 7) is 3.95. The van der Waals surface area contributed by atoms with Gasteiger partial charge >= 0.3 is 0 Å². The first-order valence-electron chi connectivity index (χ1n) is 3.88. The summed E-state index contributed by atoms with van der Waals surface area (Å²) in [5.74, 6) is 0.852. The van der Waals surface area contributed by atoms with Crippen LogP contribution in [0.15, 0.2) is 18.2 Å². The van der Waals surface area contributed by atoms with E-state index >= 15 is 0 Å². The third kappa shape index (κ3) is 1.75. The molecule has 1 aliphatic carbocycles. The zero-order valence-electron chi connectivity index (χ0n) is 6.31. The normalized spacial score (nSPS) is 16.9. The van der Waals surface area contributed by atoms with Gasteiger partial charge in [-0.3, -0.25) is 0 Å². The van der Waals surface area contributed by atoms with Gasteiger partial charge < -0.3 is 0 Å². The molecule has 0 nitrogen and oxygen atoms in total. The van der Waals surface area contributed by atoms with Crippen molar-refractivity contribution >= 4 is 22.6 Å². The third-order valence-corrected chi connectivity index (χ3v) is 2.65. The highest BCUT2D eigenvalue weighted by molar-refractivity contribution is 14.1. The first-order chi connectivity index (χ1) is 5.25. The van der Waals surface area contributed by atoms with Crippen molar-refractivity contribution < 1.29 is 0 Å². The van der Waals surface area contributed by atoms with Crippen molar-refractivity contribution in [2.24, 2.45) is 0 Å².